The second kappa shape index (κ2) is 8.63. The molecule has 25 heavy (non-hydrogen) atoms. The maximum atomic E-state index is 11.9. The van der Waals surface area contributed by atoms with E-state index in [4.69, 9.17) is 4.74 Å². The van der Waals surface area contributed by atoms with Gasteiger partial charge in [0.25, 0.3) is 0 Å². The summed E-state index contributed by atoms with van der Waals surface area (Å²) in [5, 5.41) is 6.57. The second-order valence-corrected chi connectivity index (χ2v) is 5.61. The summed E-state index contributed by atoms with van der Waals surface area (Å²) in [5.41, 5.74) is 5.87. The Morgan fingerprint density at radius 1 is 1.12 bits per heavy atom. The summed E-state index contributed by atoms with van der Waals surface area (Å²) in [6.45, 7) is 3.88. The third-order valence-corrected chi connectivity index (χ3v) is 3.47. The molecule has 2 aromatic rings. The standard InChI is InChI=1S/C19H21N3O3/c1-13-7-8-17(14(2)9-13)21-18(23)11-19(24)22-20-12-15-5-4-6-16(10-15)25-3/h4-10,12H,11H2,1-3H3,(H,21,23)(H,22,24). The first-order chi connectivity index (χ1) is 12.0. The molecule has 2 N–H and O–H groups in total. The molecule has 0 aliphatic heterocycles. The number of ether oxygens (including phenoxy) is 1. The molecule has 0 saturated carbocycles. The Bertz CT molecular complexity index is 800. The van der Waals surface area contributed by atoms with Crippen LogP contribution in [0.2, 0.25) is 0 Å². The zero-order valence-corrected chi connectivity index (χ0v) is 14.5. The highest BCUT2D eigenvalue weighted by Gasteiger charge is 2.10. The normalized spacial score (nSPS) is 10.5. The molecule has 0 heterocycles. The number of hydrogen-bond acceptors (Lipinski definition) is 4. The Balaban J connectivity index is 1.84. The molecule has 0 aliphatic carbocycles. The Kier molecular flexibility index (Phi) is 6.28. The van der Waals surface area contributed by atoms with Gasteiger partial charge in [0.05, 0.1) is 13.3 Å². The summed E-state index contributed by atoms with van der Waals surface area (Å²) < 4.78 is 5.11. The van der Waals surface area contributed by atoms with Crippen LogP contribution in [0.25, 0.3) is 0 Å². The van der Waals surface area contributed by atoms with Crippen molar-refractivity contribution in [2.75, 3.05) is 12.4 Å². The summed E-state index contributed by atoms with van der Waals surface area (Å²) in [7, 11) is 1.58. The van der Waals surface area contributed by atoms with Crippen LogP contribution in [0.4, 0.5) is 5.69 Å². The van der Waals surface area contributed by atoms with Crippen LogP contribution >= 0.6 is 0 Å². The van der Waals surface area contributed by atoms with Gasteiger partial charge in [0.2, 0.25) is 11.8 Å². The molecule has 0 aromatic heterocycles. The van der Waals surface area contributed by atoms with Crippen molar-refractivity contribution in [3.05, 3.63) is 59.2 Å². The van der Waals surface area contributed by atoms with Crippen LogP contribution in [0.3, 0.4) is 0 Å². The molecule has 0 atom stereocenters. The van der Waals surface area contributed by atoms with Gasteiger partial charge >= 0.3 is 0 Å². The molecule has 2 amide bonds. The number of nitrogens with zero attached hydrogens (tertiary/aromatic N) is 1. The van der Waals surface area contributed by atoms with E-state index < -0.39 is 5.91 Å². The molecule has 0 fully saturated rings. The third-order valence-electron chi connectivity index (χ3n) is 3.47. The molecular formula is C19H21N3O3. The fourth-order valence-corrected chi connectivity index (χ4v) is 2.23. The predicted molar refractivity (Wildman–Crippen MR) is 97.9 cm³/mol. The second-order valence-electron chi connectivity index (χ2n) is 5.61. The van der Waals surface area contributed by atoms with Gasteiger partial charge in [-0.2, -0.15) is 5.10 Å². The lowest BCUT2D eigenvalue weighted by Gasteiger charge is -2.08. The molecule has 2 aromatic carbocycles. The average molecular weight is 339 g/mol. The van der Waals surface area contributed by atoms with Gasteiger partial charge < -0.3 is 10.1 Å². The predicted octanol–water partition coefficient (Wildman–Crippen LogP) is 2.79. The Labute approximate surface area is 146 Å². The van der Waals surface area contributed by atoms with Crippen LogP contribution in [-0.2, 0) is 9.59 Å². The molecule has 0 spiro atoms. The molecule has 6 nitrogen and oxygen atoms in total. The van der Waals surface area contributed by atoms with Gasteiger partial charge in [-0.3, -0.25) is 9.59 Å². The Hall–Kier alpha value is -3.15. The minimum absolute atomic E-state index is 0.303. The lowest BCUT2D eigenvalue weighted by molar-refractivity contribution is -0.126. The number of hydrogen-bond donors (Lipinski definition) is 2. The van der Waals surface area contributed by atoms with Crippen molar-refractivity contribution in [3.8, 4) is 5.75 Å². The fourth-order valence-electron chi connectivity index (χ4n) is 2.23. The van der Waals surface area contributed by atoms with Crippen molar-refractivity contribution in [2.24, 2.45) is 5.10 Å². The van der Waals surface area contributed by atoms with Gasteiger partial charge in [0.15, 0.2) is 0 Å². The number of benzene rings is 2. The topological polar surface area (TPSA) is 79.8 Å². The van der Waals surface area contributed by atoms with E-state index in [2.05, 4.69) is 15.8 Å². The highest BCUT2D eigenvalue weighted by molar-refractivity contribution is 6.04. The van der Waals surface area contributed by atoms with Crippen LogP contribution in [0.15, 0.2) is 47.6 Å². The molecule has 6 heteroatoms. The molecule has 0 radical (unpaired) electrons. The zero-order chi connectivity index (χ0) is 18.2. The minimum Gasteiger partial charge on any atom is -0.497 e. The van der Waals surface area contributed by atoms with E-state index in [9.17, 15) is 9.59 Å². The molecule has 130 valence electrons. The summed E-state index contributed by atoms with van der Waals surface area (Å²) in [6, 6.07) is 12.9. The van der Waals surface area contributed by atoms with Gasteiger partial charge in [-0.25, -0.2) is 5.43 Å². The lowest BCUT2D eigenvalue weighted by Crippen LogP contribution is -2.24. The van der Waals surface area contributed by atoms with Gasteiger partial charge in [0, 0.05) is 5.69 Å². The van der Waals surface area contributed by atoms with Crippen LogP contribution in [0.5, 0.6) is 5.75 Å². The molecule has 0 unspecified atom stereocenters. The zero-order valence-electron chi connectivity index (χ0n) is 14.5. The number of nitrogens with one attached hydrogen (secondary N) is 2. The maximum Gasteiger partial charge on any atom is 0.249 e. The SMILES string of the molecule is COc1cccc(C=NNC(=O)CC(=O)Nc2ccc(C)cc2C)c1. The van der Waals surface area contributed by atoms with Crippen LogP contribution in [0.1, 0.15) is 23.1 Å². The first-order valence-electron chi connectivity index (χ1n) is 7.81. The number of methoxy groups -OCH3 is 1. The van der Waals surface area contributed by atoms with Gasteiger partial charge in [0.1, 0.15) is 12.2 Å². The van der Waals surface area contributed by atoms with Crippen LogP contribution in [0, 0.1) is 13.8 Å². The molecule has 0 saturated heterocycles. The lowest BCUT2D eigenvalue weighted by atomic mass is 10.1. The van der Waals surface area contributed by atoms with Crippen LogP contribution in [-0.4, -0.2) is 25.1 Å². The minimum atomic E-state index is -0.485. The quantitative estimate of drug-likeness (QED) is 0.482. The van der Waals surface area contributed by atoms with Gasteiger partial charge in [-0.15, -0.1) is 0 Å². The van der Waals surface area contributed by atoms with Gasteiger partial charge in [-0.1, -0.05) is 29.8 Å². The van der Waals surface area contributed by atoms with Crippen molar-refractivity contribution >= 4 is 23.7 Å². The van der Waals surface area contributed by atoms with Crippen molar-refractivity contribution in [2.45, 2.75) is 20.3 Å². The molecule has 2 rings (SSSR count). The van der Waals surface area contributed by atoms with Crippen molar-refractivity contribution in [3.63, 3.8) is 0 Å². The van der Waals surface area contributed by atoms with E-state index in [1.165, 1.54) is 6.21 Å². The van der Waals surface area contributed by atoms with E-state index >= 15 is 0 Å². The van der Waals surface area contributed by atoms with E-state index in [0.717, 1.165) is 16.7 Å². The van der Waals surface area contributed by atoms with E-state index in [-0.39, 0.29) is 12.3 Å². The number of anilines is 1. The van der Waals surface area contributed by atoms with Crippen LogP contribution < -0.4 is 15.5 Å². The number of carbonyl (C=O) groups excluding carboxylic acids is 2. The summed E-state index contributed by atoms with van der Waals surface area (Å²) in [5.74, 6) is -0.175. The first kappa shape index (κ1) is 18.2. The van der Waals surface area contributed by atoms with Crippen molar-refractivity contribution in [1.82, 2.24) is 5.43 Å². The summed E-state index contributed by atoms with van der Waals surface area (Å²) in [6.07, 6.45) is 1.19. The molecular weight excluding hydrogens is 318 g/mol. The van der Waals surface area contributed by atoms with E-state index in [1.54, 1.807) is 13.2 Å². The largest absolute Gasteiger partial charge is 0.497 e. The smallest absolute Gasteiger partial charge is 0.249 e. The maximum absolute atomic E-state index is 11.9. The first-order valence-corrected chi connectivity index (χ1v) is 7.81. The van der Waals surface area contributed by atoms with E-state index in [0.29, 0.717) is 11.4 Å². The number of carbonyl (C=O) groups is 2. The number of amides is 2. The summed E-state index contributed by atoms with van der Waals surface area (Å²) in [4.78, 5) is 23.7. The third kappa shape index (κ3) is 5.76. The highest BCUT2D eigenvalue weighted by atomic mass is 16.5. The number of rotatable bonds is 6. The van der Waals surface area contributed by atoms with E-state index in [1.807, 2.05) is 50.2 Å². The Morgan fingerprint density at radius 3 is 2.64 bits per heavy atom. The highest BCUT2D eigenvalue weighted by Crippen LogP contribution is 2.16. The monoisotopic (exact) mass is 339 g/mol. The average Bonchev–Trinajstić information content (AvgIpc) is 2.57. The molecule has 0 aliphatic rings. The molecule has 0 bridgehead atoms. The van der Waals surface area contributed by atoms with Gasteiger partial charge in [-0.05, 0) is 43.2 Å². The summed E-state index contributed by atoms with van der Waals surface area (Å²) >= 11 is 0. The number of aryl methyl sites for hydroxylation is 2. The fraction of sp³-hybridized carbons (Fsp3) is 0.211. The van der Waals surface area contributed by atoms with Crippen molar-refractivity contribution < 1.29 is 14.3 Å². The Morgan fingerprint density at radius 2 is 1.92 bits per heavy atom. The van der Waals surface area contributed by atoms with Crippen molar-refractivity contribution in [1.29, 1.82) is 0 Å². The number of hydrazone groups is 1.